The highest BCUT2D eigenvalue weighted by molar-refractivity contribution is 7.14. The van der Waals surface area contributed by atoms with Crippen molar-refractivity contribution in [2.24, 2.45) is 5.92 Å². The molecule has 2 N–H and O–H groups in total. The minimum atomic E-state index is -0.358. The van der Waals surface area contributed by atoms with Crippen LogP contribution in [0.4, 0.5) is 9.52 Å². The topological polar surface area (TPSA) is 63.2 Å². The van der Waals surface area contributed by atoms with E-state index in [9.17, 15) is 9.18 Å². The van der Waals surface area contributed by atoms with Crippen molar-refractivity contribution < 1.29 is 13.9 Å². The summed E-state index contributed by atoms with van der Waals surface area (Å²) in [5.74, 6) is 0.789. The number of rotatable bonds is 7. The largest absolute Gasteiger partial charge is 0.496 e. The fraction of sp³-hybridized carbons (Fsp3) is 0.375. The molecule has 1 heterocycles. The van der Waals surface area contributed by atoms with Crippen molar-refractivity contribution in [1.29, 1.82) is 0 Å². The first-order chi connectivity index (χ1) is 11.2. The zero-order valence-electron chi connectivity index (χ0n) is 12.8. The van der Waals surface area contributed by atoms with Gasteiger partial charge in [-0.1, -0.05) is 0 Å². The molecule has 1 aromatic heterocycles. The van der Waals surface area contributed by atoms with Crippen LogP contribution in [0.1, 0.15) is 12.8 Å². The Kier molecular flexibility index (Phi) is 4.88. The lowest BCUT2D eigenvalue weighted by Gasteiger charge is -2.06. The highest BCUT2D eigenvalue weighted by Gasteiger charge is 2.20. The highest BCUT2D eigenvalue weighted by Crippen LogP contribution is 2.32. The van der Waals surface area contributed by atoms with Gasteiger partial charge in [-0.2, -0.15) is 0 Å². The smallest absolute Gasteiger partial charge is 0.240 e. The number of nitrogens with one attached hydrogen (secondary N) is 2. The molecule has 1 aliphatic rings. The monoisotopic (exact) mass is 335 g/mol. The maximum absolute atomic E-state index is 13.4. The van der Waals surface area contributed by atoms with Gasteiger partial charge in [0.2, 0.25) is 5.91 Å². The first-order valence-electron chi connectivity index (χ1n) is 7.45. The van der Waals surface area contributed by atoms with Crippen molar-refractivity contribution in [3.8, 4) is 17.0 Å². The van der Waals surface area contributed by atoms with E-state index in [4.69, 9.17) is 4.74 Å². The van der Waals surface area contributed by atoms with Crippen LogP contribution in [-0.4, -0.2) is 31.1 Å². The Labute approximate surface area is 137 Å². The minimum absolute atomic E-state index is 0.127. The molecule has 0 saturated heterocycles. The molecule has 1 fully saturated rings. The summed E-state index contributed by atoms with van der Waals surface area (Å²) in [5, 5.41) is 8.14. The SMILES string of the molecule is COc1ccc(F)cc1-c1csc(NC(=O)CNCC2CC2)n1. The number of amides is 1. The standard InChI is InChI=1S/C16H18FN3O2S/c1-22-14-5-4-11(17)6-12(14)13-9-23-16(19-13)20-15(21)8-18-7-10-2-3-10/h4-6,9-10,18H,2-3,7-8H2,1H3,(H,19,20,21). The molecule has 1 aromatic carbocycles. The van der Waals surface area contributed by atoms with Crippen LogP contribution in [0.3, 0.4) is 0 Å². The summed E-state index contributed by atoms with van der Waals surface area (Å²) >= 11 is 1.30. The van der Waals surface area contributed by atoms with Crippen LogP contribution in [0.25, 0.3) is 11.3 Å². The van der Waals surface area contributed by atoms with Crippen LogP contribution in [0.15, 0.2) is 23.6 Å². The molecule has 0 aliphatic heterocycles. The average molecular weight is 335 g/mol. The van der Waals surface area contributed by atoms with E-state index in [1.165, 1.54) is 43.4 Å². The third-order valence-corrected chi connectivity index (χ3v) is 4.36. The van der Waals surface area contributed by atoms with Gasteiger partial charge in [0.1, 0.15) is 11.6 Å². The number of hydrogen-bond acceptors (Lipinski definition) is 5. The first-order valence-corrected chi connectivity index (χ1v) is 8.33. The van der Waals surface area contributed by atoms with Crippen molar-refractivity contribution in [3.05, 3.63) is 29.4 Å². The van der Waals surface area contributed by atoms with Gasteiger partial charge in [0.25, 0.3) is 0 Å². The fourth-order valence-electron chi connectivity index (χ4n) is 2.21. The molecule has 0 unspecified atom stereocenters. The number of carbonyl (C=O) groups excluding carboxylic acids is 1. The minimum Gasteiger partial charge on any atom is -0.496 e. The van der Waals surface area contributed by atoms with Gasteiger partial charge in [0.05, 0.1) is 19.3 Å². The normalized spacial score (nSPS) is 13.8. The van der Waals surface area contributed by atoms with Crippen molar-refractivity contribution in [3.63, 3.8) is 0 Å². The van der Waals surface area contributed by atoms with Crippen molar-refractivity contribution >= 4 is 22.4 Å². The number of hydrogen-bond donors (Lipinski definition) is 2. The number of methoxy groups -OCH3 is 1. The number of nitrogens with zero attached hydrogens (tertiary/aromatic N) is 1. The van der Waals surface area contributed by atoms with Crippen molar-refractivity contribution in [2.45, 2.75) is 12.8 Å². The Hall–Kier alpha value is -1.99. The lowest BCUT2D eigenvalue weighted by molar-refractivity contribution is -0.115. The lowest BCUT2D eigenvalue weighted by Crippen LogP contribution is -2.29. The molecule has 1 saturated carbocycles. The molecule has 0 atom stereocenters. The summed E-state index contributed by atoms with van der Waals surface area (Å²) in [5.41, 5.74) is 1.14. The van der Waals surface area contributed by atoms with Gasteiger partial charge in [0.15, 0.2) is 5.13 Å². The second-order valence-electron chi connectivity index (χ2n) is 5.50. The second kappa shape index (κ2) is 7.06. The Morgan fingerprint density at radius 1 is 1.48 bits per heavy atom. The van der Waals surface area contributed by atoms with Crippen LogP contribution >= 0.6 is 11.3 Å². The number of halogens is 1. The molecule has 0 radical (unpaired) electrons. The van der Waals surface area contributed by atoms with Crippen LogP contribution < -0.4 is 15.4 Å². The zero-order valence-corrected chi connectivity index (χ0v) is 13.6. The summed E-state index contributed by atoms with van der Waals surface area (Å²) in [6, 6.07) is 4.27. The highest BCUT2D eigenvalue weighted by atomic mass is 32.1. The van der Waals surface area contributed by atoms with Crippen LogP contribution in [0, 0.1) is 11.7 Å². The molecule has 122 valence electrons. The zero-order chi connectivity index (χ0) is 16.2. The molecule has 0 spiro atoms. The molecule has 7 heteroatoms. The van der Waals surface area contributed by atoms with E-state index >= 15 is 0 Å². The van der Waals surface area contributed by atoms with E-state index in [1.807, 2.05) is 0 Å². The molecule has 5 nitrogen and oxygen atoms in total. The molecule has 23 heavy (non-hydrogen) atoms. The van der Waals surface area contributed by atoms with Gasteiger partial charge >= 0.3 is 0 Å². The van der Waals surface area contributed by atoms with Crippen LogP contribution in [0.2, 0.25) is 0 Å². The Bertz CT molecular complexity index is 700. The molecule has 1 amide bonds. The number of carbonyl (C=O) groups is 1. The number of benzene rings is 1. The third kappa shape index (κ3) is 4.27. The van der Waals surface area contributed by atoms with Gasteiger partial charge in [0, 0.05) is 10.9 Å². The summed E-state index contributed by atoms with van der Waals surface area (Å²) in [6.45, 7) is 1.16. The van der Waals surface area contributed by atoms with E-state index in [-0.39, 0.29) is 18.3 Å². The predicted molar refractivity (Wildman–Crippen MR) is 88.3 cm³/mol. The quantitative estimate of drug-likeness (QED) is 0.817. The van der Waals surface area contributed by atoms with Gasteiger partial charge in [-0.05, 0) is 43.5 Å². The number of thiazole rings is 1. The van der Waals surface area contributed by atoms with E-state index in [0.29, 0.717) is 22.1 Å². The van der Waals surface area contributed by atoms with Crippen molar-refractivity contribution in [2.75, 3.05) is 25.5 Å². The third-order valence-electron chi connectivity index (χ3n) is 3.60. The van der Waals surface area contributed by atoms with Gasteiger partial charge in [-0.3, -0.25) is 4.79 Å². The van der Waals surface area contributed by atoms with E-state index in [2.05, 4.69) is 15.6 Å². The maximum atomic E-state index is 13.4. The Morgan fingerprint density at radius 3 is 3.04 bits per heavy atom. The molecular formula is C16H18FN3O2S. The van der Waals surface area contributed by atoms with Gasteiger partial charge in [-0.15, -0.1) is 11.3 Å². The van der Waals surface area contributed by atoms with Crippen LogP contribution in [0.5, 0.6) is 5.75 Å². The summed E-state index contributed by atoms with van der Waals surface area (Å²) in [4.78, 5) is 16.2. The van der Waals surface area contributed by atoms with Gasteiger partial charge < -0.3 is 15.4 Å². The summed E-state index contributed by atoms with van der Waals surface area (Å²) < 4.78 is 18.7. The maximum Gasteiger partial charge on any atom is 0.240 e. The molecular weight excluding hydrogens is 317 g/mol. The number of ether oxygens (including phenoxy) is 1. The molecule has 1 aliphatic carbocycles. The molecule has 0 bridgehead atoms. The van der Waals surface area contributed by atoms with Crippen molar-refractivity contribution in [1.82, 2.24) is 10.3 Å². The van der Waals surface area contributed by atoms with E-state index in [1.54, 1.807) is 11.4 Å². The number of aromatic nitrogens is 1. The summed E-state index contributed by atoms with van der Waals surface area (Å²) in [6.07, 6.45) is 2.50. The predicted octanol–water partition coefficient (Wildman–Crippen LogP) is 2.90. The molecule has 2 aromatic rings. The molecule has 3 rings (SSSR count). The van der Waals surface area contributed by atoms with E-state index < -0.39 is 0 Å². The average Bonchev–Trinajstić information content (AvgIpc) is 3.24. The number of anilines is 1. The summed E-state index contributed by atoms with van der Waals surface area (Å²) in [7, 11) is 1.53. The fourth-order valence-corrected chi connectivity index (χ4v) is 2.94. The van der Waals surface area contributed by atoms with Gasteiger partial charge in [-0.25, -0.2) is 9.37 Å². The van der Waals surface area contributed by atoms with Crippen LogP contribution in [-0.2, 0) is 4.79 Å². The Balaban J connectivity index is 1.63. The Morgan fingerprint density at radius 2 is 2.30 bits per heavy atom. The second-order valence-corrected chi connectivity index (χ2v) is 6.36. The van der Waals surface area contributed by atoms with E-state index in [0.717, 1.165) is 12.5 Å². The lowest BCUT2D eigenvalue weighted by atomic mass is 10.1. The first kappa shape index (κ1) is 15.9.